The Labute approximate surface area is 247 Å². The van der Waals surface area contributed by atoms with Gasteiger partial charge in [0.05, 0.1) is 31.8 Å². The zero-order valence-corrected chi connectivity index (χ0v) is 24.2. The topological polar surface area (TPSA) is 262 Å². The standard InChI is InChI=1S/C25H42N4O14/c1-8(33)26-14-17(36)16(35)11(6-31)39-23(14)42-22-12(7-32)40-24(15(19(22)38)27-9(2)34)41-21-10(5-30)20-13(18(21)37)28-25(43-20)29(3)4/h10-24,30-32,35-38H,5-7H2,1-4H3,(H,26,33)(H,27,34)/t10-,11+,12+,13?,14+,15+,16+,17-,18+,19-,20?,21+,22+,23-,24-/m0/s1. The number of aliphatic imine (C=N–C) groups is 1. The van der Waals surface area contributed by atoms with Crippen molar-refractivity contribution in [1.82, 2.24) is 15.5 Å². The summed E-state index contributed by atoms with van der Waals surface area (Å²) >= 11 is 0. The summed E-state index contributed by atoms with van der Waals surface area (Å²) in [6.07, 6.45) is -15.2. The second kappa shape index (κ2) is 13.8. The monoisotopic (exact) mass is 622 g/mol. The summed E-state index contributed by atoms with van der Waals surface area (Å²) in [6, 6.07) is -3.21. The van der Waals surface area contributed by atoms with Crippen LogP contribution >= 0.6 is 0 Å². The molecule has 0 bridgehead atoms. The third-order valence-corrected chi connectivity index (χ3v) is 8.02. The Kier molecular flexibility index (Phi) is 10.8. The fourth-order valence-corrected chi connectivity index (χ4v) is 5.91. The van der Waals surface area contributed by atoms with Crippen LogP contribution in [-0.4, -0.2) is 178 Å². The summed E-state index contributed by atoms with van der Waals surface area (Å²) in [6.45, 7) is 0.403. The number of amides is 2. The van der Waals surface area contributed by atoms with Gasteiger partial charge in [0.1, 0.15) is 67.0 Å². The SMILES string of the molecule is CC(=O)N[C@H]1[C@H](O[C@H]2[C@@H](O)[C@@H](NC(C)=O)[C@H](O[C@H]3[C@H](O)C4N=C(N(C)C)OC4[C@@H]3CO)O[C@@H]2CO)O[C@H](CO)[C@@H](O)[C@H]1O. The van der Waals surface area contributed by atoms with Crippen LogP contribution in [0.25, 0.3) is 0 Å². The van der Waals surface area contributed by atoms with Crippen LogP contribution in [0.1, 0.15) is 13.8 Å². The molecule has 18 nitrogen and oxygen atoms in total. The molecule has 1 aliphatic carbocycles. The fourth-order valence-electron chi connectivity index (χ4n) is 5.91. The van der Waals surface area contributed by atoms with Crippen molar-refractivity contribution in [2.75, 3.05) is 33.9 Å². The number of hydrogen-bond acceptors (Lipinski definition) is 16. The van der Waals surface area contributed by atoms with Gasteiger partial charge in [-0.3, -0.25) is 9.59 Å². The first-order valence-electron chi connectivity index (χ1n) is 14.0. The number of rotatable bonds is 9. The molecule has 3 heterocycles. The lowest BCUT2D eigenvalue weighted by Crippen LogP contribution is -2.69. The van der Waals surface area contributed by atoms with Crippen molar-refractivity contribution < 1.29 is 69.0 Å². The highest BCUT2D eigenvalue weighted by Gasteiger charge is 2.58. The first kappa shape index (κ1) is 33.7. The second-order valence-corrected chi connectivity index (χ2v) is 11.3. The van der Waals surface area contributed by atoms with E-state index in [0.717, 1.165) is 6.92 Å². The normalized spacial score (nSPS) is 44.3. The van der Waals surface area contributed by atoms with Gasteiger partial charge in [-0.15, -0.1) is 0 Å². The second-order valence-electron chi connectivity index (χ2n) is 11.3. The molecule has 0 aromatic rings. The van der Waals surface area contributed by atoms with Gasteiger partial charge < -0.3 is 75.0 Å². The van der Waals surface area contributed by atoms with Crippen molar-refractivity contribution in [3.63, 3.8) is 0 Å². The number of aliphatic hydroxyl groups is 7. The molecule has 0 aromatic carbocycles. The maximum Gasteiger partial charge on any atom is 0.287 e. The van der Waals surface area contributed by atoms with Crippen molar-refractivity contribution in [1.29, 1.82) is 0 Å². The van der Waals surface area contributed by atoms with Gasteiger partial charge in [0.15, 0.2) is 12.6 Å². The maximum absolute atomic E-state index is 12.2. The molecule has 2 amide bonds. The zero-order chi connectivity index (χ0) is 31.7. The third-order valence-electron chi connectivity index (χ3n) is 8.02. The Bertz CT molecular complexity index is 1020. The third kappa shape index (κ3) is 6.74. The molecular formula is C25H42N4O14. The van der Waals surface area contributed by atoms with Gasteiger partial charge in [-0.1, -0.05) is 0 Å². The Hall–Kier alpha value is -2.23. The van der Waals surface area contributed by atoms with Gasteiger partial charge in [-0.2, -0.15) is 0 Å². The van der Waals surface area contributed by atoms with E-state index in [9.17, 15) is 45.3 Å². The first-order valence-corrected chi connectivity index (χ1v) is 14.0. The molecule has 18 heteroatoms. The number of carbonyl (C=O) groups excluding carboxylic acids is 2. The van der Waals surface area contributed by atoms with Crippen LogP contribution in [0.2, 0.25) is 0 Å². The lowest BCUT2D eigenvalue weighted by Gasteiger charge is -2.48. The molecule has 0 radical (unpaired) electrons. The summed E-state index contributed by atoms with van der Waals surface area (Å²) in [4.78, 5) is 30.0. The van der Waals surface area contributed by atoms with E-state index in [1.165, 1.54) is 6.92 Å². The molecule has 4 rings (SSSR count). The summed E-state index contributed by atoms with van der Waals surface area (Å²) in [5, 5.41) is 78.3. The van der Waals surface area contributed by atoms with Gasteiger partial charge in [-0.05, 0) is 0 Å². The Balaban J connectivity index is 1.57. The number of carbonyl (C=O) groups is 2. The molecule has 4 aliphatic rings. The minimum absolute atomic E-state index is 0.273. The highest BCUT2D eigenvalue weighted by molar-refractivity contribution is 5.76. The molecule has 15 atom stereocenters. The number of fused-ring (bicyclic) bond motifs is 1. The Morgan fingerprint density at radius 2 is 1.33 bits per heavy atom. The predicted octanol–water partition coefficient (Wildman–Crippen LogP) is -6.05. The van der Waals surface area contributed by atoms with Crippen LogP contribution in [0.4, 0.5) is 0 Å². The van der Waals surface area contributed by atoms with Crippen LogP contribution in [0.15, 0.2) is 4.99 Å². The van der Waals surface area contributed by atoms with E-state index < -0.39 is 123 Å². The Morgan fingerprint density at radius 1 is 0.791 bits per heavy atom. The lowest BCUT2D eigenvalue weighted by atomic mass is 9.94. The first-order chi connectivity index (χ1) is 20.3. The molecule has 246 valence electrons. The van der Waals surface area contributed by atoms with Crippen molar-refractivity contribution in [3.8, 4) is 0 Å². The van der Waals surface area contributed by atoms with E-state index in [4.69, 9.17) is 23.7 Å². The molecule has 0 spiro atoms. The van der Waals surface area contributed by atoms with Gasteiger partial charge >= 0.3 is 0 Å². The molecule has 0 aromatic heterocycles. The average Bonchev–Trinajstić information content (AvgIpc) is 3.49. The van der Waals surface area contributed by atoms with E-state index in [1.54, 1.807) is 19.0 Å². The summed E-state index contributed by atoms with van der Waals surface area (Å²) in [5.41, 5.74) is 0. The molecule has 2 unspecified atom stereocenters. The van der Waals surface area contributed by atoms with Crippen LogP contribution in [-0.2, 0) is 33.3 Å². The van der Waals surface area contributed by atoms with E-state index >= 15 is 0 Å². The van der Waals surface area contributed by atoms with Crippen molar-refractivity contribution in [2.45, 2.75) is 99.5 Å². The van der Waals surface area contributed by atoms with E-state index in [-0.39, 0.29) is 6.02 Å². The average molecular weight is 623 g/mol. The molecule has 2 saturated heterocycles. The molecule has 9 N–H and O–H groups in total. The van der Waals surface area contributed by atoms with Gasteiger partial charge in [0.2, 0.25) is 11.8 Å². The molecular weight excluding hydrogens is 580 g/mol. The number of ether oxygens (including phenoxy) is 5. The number of nitrogens with zero attached hydrogens (tertiary/aromatic N) is 2. The summed E-state index contributed by atoms with van der Waals surface area (Å²) in [7, 11) is 3.42. The molecule has 3 fully saturated rings. The minimum Gasteiger partial charge on any atom is -0.459 e. The van der Waals surface area contributed by atoms with Gasteiger partial charge in [0.25, 0.3) is 6.02 Å². The minimum atomic E-state index is -1.67. The lowest BCUT2D eigenvalue weighted by molar-refractivity contribution is -0.339. The predicted molar refractivity (Wildman–Crippen MR) is 141 cm³/mol. The molecule has 3 aliphatic heterocycles. The number of hydrogen-bond donors (Lipinski definition) is 9. The molecule has 43 heavy (non-hydrogen) atoms. The van der Waals surface area contributed by atoms with Crippen LogP contribution < -0.4 is 10.6 Å². The smallest absolute Gasteiger partial charge is 0.287 e. The van der Waals surface area contributed by atoms with Crippen molar-refractivity contribution in [2.24, 2.45) is 10.9 Å². The largest absolute Gasteiger partial charge is 0.459 e. The Morgan fingerprint density at radius 3 is 1.84 bits per heavy atom. The number of amidine groups is 1. The fraction of sp³-hybridized carbons (Fsp3) is 0.880. The summed E-state index contributed by atoms with van der Waals surface area (Å²) < 4.78 is 29.3. The van der Waals surface area contributed by atoms with E-state index in [0.29, 0.717) is 0 Å². The summed E-state index contributed by atoms with van der Waals surface area (Å²) in [5.74, 6) is -1.99. The van der Waals surface area contributed by atoms with E-state index in [2.05, 4.69) is 15.6 Å². The highest BCUT2D eigenvalue weighted by atomic mass is 16.7. The molecule has 1 saturated carbocycles. The van der Waals surface area contributed by atoms with Gasteiger partial charge in [0, 0.05) is 27.9 Å². The van der Waals surface area contributed by atoms with Crippen molar-refractivity contribution in [3.05, 3.63) is 0 Å². The maximum atomic E-state index is 12.2. The van der Waals surface area contributed by atoms with Gasteiger partial charge in [-0.25, -0.2) is 4.99 Å². The highest BCUT2D eigenvalue weighted by Crippen LogP contribution is 2.39. The number of nitrogens with one attached hydrogen (secondary N) is 2. The zero-order valence-electron chi connectivity index (χ0n) is 24.2. The van der Waals surface area contributed by atoms with Crippen LogP contribution in [0.3, 0.4) is 0 Å². The van der Waals surface area contributed by atoms with Crippen LogP contribution in [0.5, 0.6) is 0 Å². The van der Waals surface area contributed by atoms with E-state index in [1.807, 2.05) is 0 Å². The van der Waals surface area contributed by atoms with Crippen molar-refractivity contribution >= 4 is 17.8 Å². The number of aliphatic hydroxyl groups excluding tert-OH is 7. The quantitative estimate of drug-likeness (QED) is 0.116. The van der Waals surface area contributed by atoms with Crippen LogP contribution in [0, 0.1) is 5.92 Å².